The second kappa shape index (κ2) is 9.21. The van der Waals surface area contributed by atoms with Gasteiger partial charge in [0.15, 0.2) is 0 Å². The topological polar surface area (TPSA) is 90.3 Å². The van der Waals surface area contributed by atoms with E-state index in [0.29, 0.717) is 39.4 Å². The van der Waals surface area contributed by atoms with Crippen LogP contribution >= 0.6 is 11.3 Å². The Bertz CT molecular complexity index is 1120. The van der Waals surface area contributed by atoms with Crippen molar-refractivity contribution in [2.45, 2.75) is 40.2 Å². The van der Waals surface area contributed by atoms with Crippen LogP contribution in [0.3, 0.4) is 0 Å². The van der Waals surface area contributed by atoms with Crippen LogP contribution in [0.15, 0.2) is 41.5 Å². The number of hydrogen-bond donors (Lipinski definition) is 1. The van der Waals surface area contributed by atoms with Gasteiger partial charge >= 0.3 is 5.97 Å². The molecule has 0 spiro atoms. The molecule has 2 aromatic heterocycles. The van der Waals surface area contributed by atoms with E-state index in [9.17, 15) is 14.4 Å². The Morgan fingerprint density at radius 2 is 1.93 bits per heavy atom. The molecule has 1 unspecified atom stereocenters. The van der Waals surface area contributed by atoms with Crippen LogP contribution < -0.4 is 10.9 Å². The van der Waals surface area contributed by atoms with E-state index in [1.54, 1.807) is 19.1 Å². The van der Waals surface area contributed by atoms with Crippen LogP contribution in [0.1, 0.15) is 48.5 Å². The molecule has 0 radical (unpaired) electrons. The van der Waals surface area contributed by atoms with E-state index < -0.39 is 12.0 Å². The standard InChI is InChI=1S/C22H25N3O4S/c1-5-16(19(26)24-15-9-7-6-8-10-15)25-12-23-20-17(21(25)27)14(4)18(30-20)22(28)29-11-13(2)3/h6-10,12-13,16H,5,11H2,1-4H3,(H,24,26). The lowest BCUT2D eigenvalue weighted by atomic mass is 10.1. The van der Waals surface area contributed by atoms with Crippen molar-refractivity contribution < 1.29 is 14.3 Å². The molecule has 7 nitrogen and oxygen atoms in total. The number of benzene rings is 1. The number of rotatable bonds is 7. The first-order valence-corrected chi connectivity index (χ1v) is 10.7. The quantitative estimate of drug-likeness (QED) is 0.572. The highest BCUT2D eigenvalue weighted by molar-refractivity contribution is 7.20. The Morgan fingerprint density at radius 1 is 1.23 bits per heavy atom. The van der Waals surface area contributed by atoms with Gasteiger partial charge in [-0.25, -0.2) is 9.78 Å². The number of aryl methyl sites for hydroxylation is 1. The van der Waals surface area contributed by atoms with Crippen LogP contribution in [-0.2, 0) is 9.53 Å². The van der Waals surface area contributed by atoms with Gasteiger partial charge < -0.3 is 10.1 Å². The van der Waals surface area contributed by atoms with Gasteiger partial charge in [-0.1, -0.05) is 39.0 Å². The second-order valence-corrected chi connectivity index (χ2v) is 8.46. The predicted molar refractivity (Wildman–Crippen MR) is 118 cm³/mol. The summed E-state index contributed by atoms with van der Waals surface area (Å²) in [7, 11) is 0. The van der Waals surface area contributed by atoms with Crippen LogP contribution in [0.25, 0.3) is 10.2 Å². The summed E-state index contributed by atoms with van der Waals surface area (Å²) in [6.07, 6.45) is 1.79. The Hall–Kier alpha value is -3.00. The number of amides is 1. The van der Waals surface area contributed by atoms with Crippen LogP contribution in [-0.4, -0.2) is 28.0 Å². The number of aromatic nitrogens is 2. The van der Waals surface area contributed by atoms with Crippen molar-refractivity contribution in [3.63, 3.8) is 0 Å². The largest absolute Gasteiger partial charge is 0.461 e. The fourth-order valence-electron chi connectivity index (χ4n) is 3.12. The van der Waals surface area contributed by atoms with Gasteiger partial charge in [0.05, 0.1) is 18.3 Å². The number of para-hydroxylation sites is 1. The van der Waals surface area contributed by atoms with Gasteiger partial charge in [-0.15, -0.1) is 11.3 Å². The van der Waals surface area contributed by atoms with Crippen LogP contribution in [0.4, 0.5) is 5.69 Å². The third-order valence-electron chi connectivity index (χ3n) is 4.68. The highest BCUT2D eigenvalue weighted by Crippen LogP contribution is 2.28. The zero-order valence-corrected chi connectivity index (χ0v) is 18.3. The van der Waals surface area contributed by atoms with E-state index >= 15 is 0 Å². The molecule has 30 heavy (non-hydrogen) atoms. The summed E-state index contributed by atoms with van der Waals surface area (Å²) < 4.78 is 6.65. The Morgan fingerprint density at radius 3 is 2.57 bits per heavy atom. The zero-order chi connectivity index (χ0) is 21.8. The molecular formula is C22H25N3O4S. The van der Waals surface area contributed by atoms with E-state index in [4.69, 9.17) is 4.74 Å². The number of anilines is 1. The van der Waals surface area contributed by atoms with Crippen LogP contribution in [0, 0.1) is 12.8 Å². The monoisotopic (exact) mass is 427 g/mol. The summed E-state index contributed by atoms with van der Waals surface area (Å²) in [5, 5.41) is 3.19. The second-order valence-electron chi connectivity index (χ2n) is 7.46. The molecule has 2 heterocycles. The Labute approximate surface area is 178 Å². The third-order valence-corrected chi connectivity index (χ3v) is 5.86. The molecule has 0 aliphatic heterocycles. The molecule has 0 aliphatic rings. The summed E-state index contributed by atoms with van der Waals surface area (Å²) in [5.74, 6) is -0.534. The van der Waals surface area contributed by atoms with E-state index in [0.717, 1.165) is 11.3 Å². The van der Waals surface area contributed by atoms with Crippen molar-refractivity contribution in [1.29, 1.82) is 0 Å². The zero-order valence-electron chi connectivity index (χ0n) is 17.5. The lowest BCUT2D eigenvalue weighted by Crippen LogP contribution is -2.33. The molecule has 0 bridgehead atoms. The van der Waals surface area contributed by atoms with Crippen LogP contribution in [0.2, 0.25) is 0 Å². The molecule has 1 aromatic carbocycles. The minimum Gasteiger partial charge on any atom is -0.461 e. The van der Waals surface area contributed by atoms with Gasteiger partial charge in [0, 0.05) is 5.69 Å². The van der Waals surface area contributed by atoms with Crippen molar-refractivity contribution in [2.75, 3.05) is 11.9 Å². The third kappa shape index (κ3) is 4.43. The first-order chi connectivity index (χ1) is 14.3. The van der Waals surface area contributed by atoms with E-state index in [1.165, 1.54) is 10.9 Å². The number of fused-ring (bicyclic) bond motifs is 1. The lowest BCUT2D eigenvalue weighted by molar-refractivity contribution is -0.119. The molecule has 0 saturated carbocycles. The molecule has 1 N–H and O–H groups in total. The SMILES string of the molecule is CCC(C(=O)Nc1ccccc1)n1cnc2sc(C(=O)OCC(C)C)c(C)c2c1=O. The maximum atomic E-state index is 13.2. The molecule has 1 amide bonds. The normalized spacial score (nSPS) is 12.2. The van der Waals surface area contributed by atoms with Gasteiger partial charge in [0.25, 0.3) is 5.56 Å². The minimum atomic E-state index is -0.717. The van der Waals surface area contributed by atoms with Gasteiger partial charge in [-0.2, -0.15) is 0 Å². The Balaban J connectivity index is 1.95. The number of hydrogen-bond acceptors (Lipinski definition) is 6. The highest BCUT2D eigenvalue weighted by atomic mass is 32.1. The molecule has 3 rings (SSSR count). The summed E-state index contributed by atoms with van der Waals surface area (Å²) in [4.78, 5) is 43.6. The first-order valence-electron chi connectivity index (χ1n) is 9.86. The van der Waals surface area contributed by atoms with Crippen LogP contribution in [0.5, 0.6) is 0 Å². The summed E-state index contributed by atoms with van der Waals surface area (Å²) >= 11 is 1.14. The minimum absolute atomic E-state index is 0.215. The average molecular weight is 428 g/mol. The number of esters is 1. The fraction of sp³-hybridized carbons (Fsp3) is 0.364. The Kier molecular flexibility index (Phi) is 6.66. The van der Waals surface area contributed by atoms with Gasteiger partial charge in [-0.05, 0) is 37.0 Å². The molecule has 1 atom stereocenters. The van der Waals surface area contributed by atoms with Crippen molar-refractivity contribution in [3.8, 4) is 0 Å². The number of thiophene rings is 1. The molecular weight excluding hydrogens is 402 g/mol. The van der Waals surface area contributed by atoms with E-state index in [1.807, 2.05) is 39.0 Å². The van der Waals surface area contributed by atoms with Gasteiger partial charge in [-0.3, -0.25) is 14.2 Å². The predicted octanol–water partition coefficient (Wildman–Crippen LogP) is 4.17. The molecule has 0 saturated heterocycles. The fourth-order valence-corrected chi connectivity index (χ4v) is 4.15. The van der Waals surface area contributed by atoms with E-state index in [-0.39, 0.29) is 17.4 Å². The lowest BCUT2D eigenvalue weighted by Gasteiger charge is -2.17. The maximum Gasteiger partial charge on any atom is 0.348 e. The number of nitrogens with zero attached hydrogens (tertiary/aromatic N) is 2. The molecule has 0 aliphatic carbocycles. The summed E-state index contributed by atoms with van der Waals surface area (Å²) in [6, 6.07) is 8.36. The first kappa shape index (κ1) is 21.7. The molecule has 8 heteroatoms. The molecule has 0 fully saturated rings. The van der Waals surface area contributed by atoms with Crippen molar-refractivity contribution in [1.82, 2.24) is 9.55 Å². The van der Waals surface area contributed by atoms with Crippen molar-refractivity contribution in [2.24, 2.45) is 5.92 Å². The average Bonchev–Trinajstić information content (AvgIpc) is 3.06. The van der Waals surface area contributed by atoms with Gasteiger partial charge in [0.1, 0.15) is 15.7 Å². The number of carbonyl (C=O) groups is 2. The number of ether oxygens (including phenoxy) is 1. The smallest absolute Gasteiger partial charge is 0.348 e. The van der Waals surface area contributed by atoms with Crippen molar-refractivity contribution >= 4 is 39.1 Å². The number of nitrogens with one attached hydrogen (secondary N) is 1. The molecule has 3 aromatic rings. The highest BCUT2D eigenvalue weighted by Gasteiger charge is 2.25. The van der Waals surface area contributed by atoms with Gasteiger partial charge in [0.2, 0.25) is 5.91 Å². The number of carbonyl (C=O) groups excluding carboxylic acids is 2. The van der Waals surface area contributed by atoms with E-state index in [2.05, 4.69) is 10.3 Å². The summed E-state index contributed by atoms with van der Waals surface area (Å²) in [6.45, 7) is 7.76. The maximum absolute atomic E-state index is 13.2. The summed E-state index contributed by atoms with van der Waals surface area (Å²) in [5.41, 5.74) is 0.852. The molecule has 158 valence electrons. The van der Waals surface area contributed by atoms with Crippen molar-refractivity contribution in [3.05, 3.63) is 57.5 Å².